The predicted molar refractivity (Wildman–Crippen MR) is 94.9 cm³/mol. The first-order valence-electron chi connectivity index (χ1n) is 8.18. The Balaban J connectivity index is 1.52. The topological polar surface area (TPSA) is 90.8 Å². The highest BCUT2D eigenvalue weighted by molar-refractivity contribution is 5.77. The van der Waals surface area contributed by atoms with E-state index in [2.05, 4.69) is 15.5 Å². The van der Waals surface area contributed by atoms with Crippen LogP contribution in [0.3, 0.4) is 0 Å². The molecule has 130 valence electrons. The molecule has 1 aromatic carbocycles. The van der Waals surface area contributed by atoms with E-state index < -0.39 is 0 Å². The molecule has 0 saturated heterocycles. The number of nitrogens with one attached hydrogen (secondary N) is 1. The molecule has 7 heteroatoms. The third-order valence-corrected chi connectivity index (χ3v) is 4.07. The molecular weight excluding hydrogens is 316 g/mol. The van der Waals surface area contributed by atoms with Crippen LogP contribution >= 0.6 is 0 Å². The highest BCUT2D eigenvalue weighted by Gasteiger charge is 2.16. The number of nitrogens with zero attached hydrogens (tertiary/aromatic N) is 4. The van der Waals surface area contributed by atoms with Crippen LogP contribution in [-0.2, 0) is 24.8 Å². The number of benzene rings is 1. The Morgan fingerprint density at radius 1 is 1.24 bits per heavy atom. The summed E-state index contributed by atoms with van der Waals surface area (Å²) in [6.45, 7) is 1.21. The fourth-order valence-corrected chi connectivity index (χ4v) is 2.71. The first kappa shape index (κ1) is 16.9. The highest BCUT2D eigenvalue weighted by atomic mass is 16.1. The number of hydrogen-bond donors (Lipinski definition) is 2. The molecule has 0 saturated carbocycles. The van der Waals surface area contributed by atoms with Crippen molar-refractivity contribution < 1.29 is 4.79 Å². The van der Waals surface area contributed by atoms with Crippen molar-refractivity contribution in [1.82, 2.24) is 24.9 Å². The summed E-state index contributed by atoms with van der Waals surface area (Å²) < 4.78 is 3.54. The molecular formula is C18H22N6O. The summed E-state index contributed by atoms with van der Waals surface area (Å²) in [6.07, 6.45) is 7.92. The van der Waals surface area contributed by atoms with Gasteiger partial charge in [0.15, 0.2) is 0 Å². The van der Waals surface area contributed by atoms with E-state index in [0.29, 0.717) is 19.5 Å². The molecule has 2 aromatic heterocycles. The molecule has 1 atom stereocenters. The van der Waals surface area contributed by atoms with Crippen LogP contribution in [0.25, 0.3) is 5.69 Å². The van der Waals surface area contributed by atoms with Crippen molar-refractivity contribution >= 4 is 5.91 Å². The van der Waals surface area contributed by atoms with Gasteiger partial charge in [0, 0.05) is 38.7 Å². The lowest BCUT2D eigenvalue weighted by Crippen LogP contribution is -2.34. The lowest BCUT2D eigenvalue weighted by atomic mass is 10.0. The van der Waals surface area contributed by atoms with Crippen molar-refractivity contribution in [2.75, 3.05) is 6.54 Å². The number of primary amides is 1. The van der Waals surface area contributed by atoms with Crippen LogP contribution in [-0.4, -0.2) is 32.0 Å². The summed E-state index contributed by atoms with van der Waals surface area (Å²) in [5.41, 5.74) is 8.69. The predicted octanol–water partition coefficient (Wildman–Crippen LogP) is 1.04. The second-order valence-corrected chi connectivity index (χ2v) is 6.07. The van der Waals surface area contributed by atoms with E-state index in [0.717, 1.165) is 16.8 Å². The minimum Gasteiger partial charge on any atom is -0.369 e. The quantitative estimate of drug-likeness (QED) is 0.642. The molecule has 0 aliphatic carbocycles. The van der Waals surface area contributed by atoms with Gasteiger partial charge < -0.3 is 11.1 Å². The van der Waals surface area contributed by atoms with Crippen molar-refractivity contribution in [2.45, 2.75) is 13.0 Å². The summed E-state index contributed by atoms with van der Waals surface area (Å²) in [5, 5.41) is 11.6. The van der Waals surface area contributed by atoms with E-state index in [1.807, 2.05) is 54.5 Å². The number of hydrogen-bond acceptors (Lipinski definition) is 4. The fourth-order valence-electron chi connectivity index (χ4n) is 2.71. The fraction of sp³-hybridized carbons (Fsp3) is 0.278. The standard InChI is InChI=1S/C18H22N6O/c1-23-13-15(11-22-23)9-16(18(19)25)12-20-10-14-3-5-17(6-4-14)24-8-2-7-21-24/h2-8,11,13,16,20H,9-10,12H2,1H3,(H2,19,25)/t16-/m1/s1. The van der Waals surface area contributed by atoms with Gasteiger partial charge >= 0.3 is 0 Å². The molecule has 3 aromatic rings. The van der Waals surface area contributed by atoms with Gasteiger partial charge in [0.25, 0.3) is 0 Å². The maximum atomic E-state index is 11.7. The molecule has 0 aliphatic heterocycles. The van der Waals surface area contributed by atoms with E-state index in [9.17, 15) is 4.79 Å². The molecule has 0 radical (unpaired) electrons. The molecule has 0 aliphatic rings. The second kappa shape index (κ2) is 7.76. The van der Waals surface area contributed by atoms with Crippen molar-refractivity contribution in [3.8, 4) is 5.69 Å². The van der Waals surface area contributed by atoms with Gasteiger partial charge in [-0.2, -0.15) is 10.2 Å². The normalized spacial score (nSPS) is 12.2. The minimum atomic E-state index is -0.301. The zero-order valence-corrected chi connectivity index (χ0v) is 14.2. The number of amides is 1. The Kier molecular flexibility index (Phi) is 5.25. The monoisotopic (exact) mass is 338 g/mol. The molecule has 0 fully saturated rings. The van der Waals surface area contributed by atoms with Gasteiger partial charge in [-0.15, -0.1) is 0 Å². The van der Waals surface area contributed by atoms with Crippen LogP contribution in [0.5, 0.6) is 0 Å². The van der Waals surface area contributed by atoms with Crippen molar-refractivity contribution in [3.05, 3.63) is 66.2 Å². The van der Waals surface area contributed by atoms with Crippen LogP contribution in [0.2, 0.25) is 0 Å². The van der Waals surface area contributed by atoms with E-state index in [1.54, 1.807) is 17.1 Å². The van der Waals surface area contributed by atoms with Gasteiger partial charge in [0.1, 0.15) is 0 Å². The van der Waals surface area contributed by atoms with Crippen LogP contribution in [0.15, 0.2) is 55.1 Å². The summed E-state index contributed by atoms with van der Waals surface area (Å²) in [7, 11) is 1.86. The third-order valence-electron chi connectivity index (χ3n) is 4.07. The van der Waals surface area contributed by atoms with Crippen LogP contribution < -0.4 is 11.1 Å². The van der Waals surface area contributed by atoms with Gasteiger partial charge in [-0.1, -0.05) is 12.1 Å². The molecule has 1 amide bonds. The van der Waals surface area contributed by atoms with Crippen molar-refractivity contribution in [2.24, 2.45) is 18.7 Å². The van der Waals surface area contributed by atoms with Gasteiger partial charge in [0.05, 0.1) is 17.8 Å². The molecule has 3 N–H and O–H groups in total. The number of aryl methyl sites for hydroxylation is 1. The Morgan fingerprint density at radius 2 is 2.04 bits per heavy atom. The lowest BCUT2D eigenvalue weighted by molar-refractivity contribution is -0.121. The molecule has 7 nitrogen and oxygen atoms in total. The first-order valence-corrected chi connectivity index (χ1v) is 8.18. The van der Waals surface area contributed by atoms with Gasteiger partial charge in [-0.05, 0) is 35.7 Å². The summed E-state index contributed by atoms with van der Waals surface area (Å²) in [4.78, 5) is 11.7. The van der Waals surface area contributed by atoms with Crippen molar-refractivity contribution in [3.63, 3.8) is 0 Å². The minimum absolute atomic E-state index is 0.257. The zero-order valence-electron chi connectivity index (χ0n) is 14.2. The summed E-state index contributed by atoms with van der Waals surface area (Å²) in [6, 6.07) is 10.0. The first-order chi connectivity index (χ1) is 12.1. The van der Waals surface area contributed by atoms with Crippen LogP contribution in [0.4, 0.5) is 0 Å². The average molecular weight is 338 g/mol. The third kappa shape index (κ3) is 4.54. The lowest BCUT2D eigenvalue weighted by Gasteiger charge is -2.13. The highest BCUT2D eigenvalue weighted by Crippen LogP contribution is 2.10. The molecule has 2 heterocycles. The summed E-state index contributed by atoms with van der Waals surface area (Å²) >= 11 is 0. The zero-order chi connectivity index (χ0) is 17.6. The van der Waals surface area contributed by atoms with Gasteiger partial charge in [-0.3, -0.25) is 9.48 Å². The Labute approximate surface area is 146 Å². The maximum Gasteiger partial charge on any atom is 0.222 e. The van der Waals surface area contributed by atoms with E-state index in [1.165, 1.54) is 0 Å². The largest absolute Gasteiger partial charge is 0.369 e. The molecule has 25 heavy (non-hydrogen) atoms. The van der Waals surface area contributed by atoms with Gasteiger partial charge in [0.2, 0.25) is 5.91 Å². The molecule has 0 unspecified atom stereocenters. The van der Waals surface area contributed by atoms with E-state index >= 15 is 0 Å². The second-order valence-electron chi connectivity index (χ2n) is 6.07. The number of carbonyl (C=O) groups excluding carboxylic acids is 1. The van der Waals surface area contributed by atoms with E-state index in [-0.39, 0.29) is 11.8 Å². The Bertz CT molecular complexity index is 806. The van der Waals surface area contributed by atoms with Crippen molar-refractivity contribution in [1.29, 1.82) is 0 Å². The smallest absolute Gasteiger partial charge is 0.222 e. The SMILES string of the molecule is Cn1cc(C[C@H](CNCc2ccc(-n3cccn3)cc2)C(N)=O)cn1. The number of nitrogens with two attached hydrogens (primary N) is 1. The Morgan fingerprint density at radius 3 is 2.64 bits per heavy atom. The molecule has 0 bridgehead atoms. The number of aromatic nitrogens is 4. The number of carbonyl (C=O) groups is 1. The summed E-state index contributed by atoms with van der Waals surface area (Å²) in [5.74, 6) is -0.557. The van der Waals surface area contributed by atoms with Crippen LogP contribution in [0.1, 0.15) is 11.1 Å². The molecule has 3 rings (SSSR count). The Hall–Kier alpha value is -2.93. The van der Waals surface area contributed by atoms with Gasteiger partial charge in [-0.25, -0.2) is 4.68 Å². The maximum absolute atomic E-state index is 11.7. The number of rotatable bonds is 8. The molecule has 0 spiro atoms. The van der Waals surface area contributed by atoms with Crippen LogP contribution in [0, 0.1) is 5.92 Å². The average Bonchev–Trinajstić information content (AvgIpc) is 3.26. The van der Waals surface area contributed by atoms with E-state index in [4.69, 9.17) is 5.73 Å².